The highest BCUT2D eigenvalue weighted by Gasteiger charge is 2.13. The van der Waals surface area contributed by atoms with Crippen molar-refractivity contribution in [3.8, 4) is 0 Å². The number of hydrogen-bond donors (Lipinski definition) is 2. The zero-order chi connectivity index (χ0) is 15.4. The Hall–Kier alpha value is -1.87. The molecule has 0 unspecified atom stereocenters. The molecule has 0 aliphatic heterocycles. The number of benzene rings is 2. The van der Waals surface area contributed by atoms with Crippen LogP contribution >= 0.6 is 12.2 Å². The summed E-state index contributed by atoms with van der Waals surface area (Å²) in [5, 5.41) is 7.29. The van der Waals surface area contributed by atoms with Gasteiger partial charge in [-0.15, -0.1) is 0 Å². The predicted octanol–water partition coefficient (Wildman–Crippen LogP) is 4.94. The maximum absolute atomic E-state index is 5.46. The maximum atomic E-state index is 5.46. The van der Waals surface area contributed by atoms with Gasteiger partial charge in [-0.05, 0) is 79.2 Å². The Labute approximate surface area is 137 Å². The Balaban J connectivity index is 1.69. The molecule has 0 atom stereocenters. The molecule has 0 aromatic heterocycles. The van der Waals surface area contributed by atoms with Crippen molar-refractivity contribution in [3.05, 3.63) is 59.2 Å². The Kier molecular flexibility index (Phi) is 4.74. The summed E-state index contributed by atoms with van der Waals surface area (Å²) < 4.78 is 0. The molecule has 0 saturated carbocycles. The lowest BCUT2D eigenvalue weighted by atomic mass is 9.90. The molecule has 0 heterocycles. The summed E-state index contributed by atoms with van der Waals surface area (Å²) in [7, 11) is 0. The molecule has 3 heteroatoms. The minimum atomic E-state index is 0.656. The lowest BCUT2D eigenvalue weighted by Gasteiger charge is -2.20. The summed E-state index contributed by atoms with van der Waals surface area (Å²) >= 11 is 5.46. The average Bonchev–Trinajstić information content (AvgIpc) is 2.56. The van der Waals surface area contributed by atoms with Crippen LogP contribution in [0, 0.1) is 0 Å². The molecule has 1 aliphatic carbocycles. The highest BCUT2D eigenvalue weighted by Crippen LogP contribution is 2.28. The summed E-state index contributed by atoms with van der Waals surface area (Å²) in [5.41, 5.74) is 6.41. The van der Waals surface area contributed by atoms with Crippen molar-refractivity contribution in [1.29, 1.82) is 0 Å². The summed E-state index contributed by atoms with van der Waals surface area (Å²) in [6.07, 6.45) is 5.95. The Morgan fingerprint density at radius 3 is 2.55 bits per heavy atom. The minimum Gasteiger partial charge on any atom is -0.332 e. The molecule has 2 N–H and O–H groups in total. The van der Waals surface area contributed by atoms with Gasteiger partial charge in [0.05, 0.1) is 0 Å². The molecule has 0 amide bonds. The lowest BCUT2D eigenvalue weighted by Crippen LogP contribution is -2.20. The summed E-state index contributed by atoms with van der Waals surface area (Å²) in [5.74, 6) is 0. The zero-order valence-electron chi connectivity index (χ0n) is 13.0. The monoisotopic (exact) mass is 310 g/mol. The smallest absolute Gasteiger partial charge is 0.175 e. The van der Waals surface area contributed by atoms with Crippen molar-refractivity contribution in [3.63, 3.8) is 0 Å². The molecule has 114 valence electrons. The minimum absolute atomic E-state index is 0.656. The van der Waals surface area contributed by atoms with Crippen LogP contribution in [0.25, 0.3) is 0 Å². The van der Waals surface area contributed by atoms with Crippen LogP contribution in [0.1, 0.15) is 36.5 Å². The van der Waals surface area contributed by atoms with Gasteiger partial charge in [-0.2, -0.15) is 0 Å². The molecular formula is C19H22N2S. The van der Waals surface area contributed by atoms with Crippen LogP contribution in [0.15, 0.2) is 42.5 Å². The van der Waals surface area contributed by atoms with Crippen LogP contribution in [0.5, 0.6) is 0 Å². The fourth-order valence-electron chi connectivity index (χ4n) is 3.01. The van der Waals surface area contributed by atoms with Gasteiger partial charge in [-0.25, -0.2) is 0 Å². The number of anilines is 2. The standard InChI is InChI=1S/C19H22N2S/c1-2-14-10-12-16(13-11-14)20-19(22)21-18-9-5-7-15-6-3-4-8-17(15)18/h5,7,9-13H,2-4,6,8H2,1H3,(H2,20,21,22). The van der Waals surface area contributed by atoms with E-state index in [1.807, 2.05) is 0 Å². The third kappa shape index (κ3) is 3.47. The SMILES string of the molecule is CCc1ccc(NC(=S)Nc2cccc3c2CCCC3)cc1. The van der Waals surface area contributed by atoms with Crippen molar-refractivity contribution in [2.24, 2.45) is 0 Å². The topological polar surface area (TPSA) is 24.1 Å². The van der Waals surface area contributed by atoms with Crippen molar-refractivity contribution in [2.45, 2.75) is 39.0 Å². The normalized spacial score (nSPS) is 13.3. The van der Waals surface area contributed by atoms with Crippen LogP contribution in [0.4, 0.5) is 11.4 Å². The highest BCUT2D eigenvalue weighted by molar-refractivity contribution is 7.80. The first-order valence-corrected chi connectivity index (χ1v) is 8.45. The molecule has 3 rings (SSSR count). The third-order valence-corrected chi connectivity index (χ3v) is 4.47. The summed E-state index contributed by atoms with van der Waals surface area (Å²) in [4.78, 5) is 0. The van der Waals surface area contributed by atoms with Crippen molar-refractivity contribution in [1.82, 2.24) is 0 Å². The molecule has 22 heavy (non-hydrogen) atoms. The van der Waals surface area contributed by atoms with E-state index in [4.69, 9.17) is 12.2 Å². The average molecular weight is 310 g/mol. The first-order chi connectivity index (χ1) is 10.8. The quantitative estimate of drug-likeness (QED) is 0.785. The molecule has 0 radical (unpaired) electrons. The lowest BCUT2D eigenvalue weighted by molar-refractivity contribution is 0.687. The first-order valence-electron chi connectivity index (χ1n) is 8.04. The predicted molar refractivity (Wildman–Crippen MR) is 98.7 cm³/mol. The van der Waals surface area contributed by atoms with E-state index in [-0.39, 0.29) is 0 Å². The van der Waals surface area contributed by atoms with E-state index in [1.54, 1.807) is 0 Å². The van der Waals surface area contributed by atoms with Gasteiger partial charge >= 0.3 is 0 Å². The van der Waals surface area contributed by atoms with Crippen LogP contribution in [-0.2, 0) is 19.3 Å². The van der Waals surface area contributed by atoms with Crippen LogP contribution in [-0.4, -0.2) is 5.11 Å². The van der Waals surface area contributed by atoms with Gasteiger partial charge in [0, 0.05) is 11.4 Å². The Morgan fingerprint density at radius 2 is 1.77 bits per heavy atom. The van der Waals surface area contributed by atoms with E-state index in [9.17, 15) is 0 Å². The van der Waals surface area contributed by atoms with E-state index in [0.717, 1.165) is 24.2 Å². The van der Waals surface area contributed by atoms with Gasteiger partial charge in [0.1, 0.15) is 0 Å². The van der Waals surface area contributed by atoms with E-state index in [2.05, 4.69) is 60.0 Å². The van der Waals surface area contributed by atoms with E-state index in [0.29, 0.717) is 5.11 Å². The van der Waals surface area contributed by atoms with E-state index < -0.39 is 0 Å². The Morgan fingerprint density at radius 1 is 1.00 bits per heavy atom. The van der Waals surface area contributed by atoms with Crippen molar-refractivity contribution in [2.75, 3.05) is 10.6 Å². The van der Waals surface area contributed by atoms with Crippen molar-refractivity contribution >= 4 is 28.7 Å². The second kappa shape index (κ2) is 6.93. The fourth-order valence-corrected chi connectivity index (χ4v) is 3.23. The maximum Gasteiger partial charge on any atom is 0.175 e. The molecule has 2 nitrogen and oxygen atoms in total. The van der Waals surface area contributed by atoms with E-state index in [1.165, 1.54) is 36.0 Å². The van der Waals surface area contributed by atoms with Crippen LogP contribution < -0.4 is 10.6 Å². The van der Waals surface area contributed by atoms with E-state index >= 15 is 0 Å². The van der Waals surface area contributed by atoms with Gasteiger partial charge in [-0.1, -0.05) is 31.2 Å². The van der Waals surface area contributed by atoms with Crippen LogP contribution in [0.2, 0.25) is 0 Å². The van der Waals surface area contributed by atoms with Gasteiger partial charge in [0.2, 0.25) is 0 Å². The molecule has 0 bridgehead atoms. The summed E-state index contributed by atoms with van der Waals surface area (Å²) in [6, 6.07) is 14.9. The molecule has 2 aromatic carbocycles. The largest absolute Gasteiger partial charge is 0.332 e. The number of nitrogens with one attached hydrogen (secondary N) is 2. The number of fused-ring (bicyclic) bond motifs is 1. The fraction of sp³-hybridized carbons (Fsp3) is 0.316. The second-order valence-corrected chi connectivity index (χ2v) is 6.19. The number of hydrogen-bond acceptors (Lipinski definition) is 1. The zero-order valence-corrected chi connectivity index (χ0v) is 13.8. The second-order valence-electron chi connectivity index (χ2n) is 5.78. The number of aryl methyl sites for hydroxylation is 2. The van der Waals surface area contributed by atoms with Crippen LogP contribution in [0.3, 0.4) is 0 Å². The number of thiocarbonyl (C=S) groups is 1. The molecule has 0 fully saturated rings. The third-order valence-electron chi connectivity index (χ3n) is 4.26. The van der Waals surface area contributed by atoms with Gasteiger partial charge in [0.15, 0.2) is 5.11 Å². The molecular weight excluding hydrogens is 288 g/mol. The number of rotatable bonds is 3. The molecule has 2 aromatic rings. The summed E-state index contributed by atoms with van der Waals surface area (Å²) in [6.45, 7) is 2.16. The molecule has 0 spiro atoms. The first kappa shape index (κ1) is 15.0. The van der Waals surface area contributed by atoms with Gasteiger partial charge < -0.3 is 10.6 Å². The highest BCUT2D eigenvalue weighted by atomic mass is 32.1. The molecule has 1 aliphatic rings. The van der Waals surface area contributed by atoms with Gasteiger partial charge in [0.25, 0.3) is 0 Å². The van der Waals surface area contributed by atoms with Gasteiger partial charge in [-0.3, -0.25) is 0 Å². The Bertz CT molecular complexity index is 662. The van der Waals surface area contributed by atoms with Crippen molar-refractivity contribution < 1.29 is 0 Å². The molecule has 0 saturated heterocycles.